The highest BCUT2D eigenvalue weighted by Crippen LogP contribution is 2.23. The molecule has 10 heteroatoms. The van der Waals surface area contributed by atoms with Crippen LogP contribution in [0.2, 0.25) is 0 Å². The topological polar surface area (TPSA) is 108 Å². The Hall–Kier alpha value is -3.56. The van der Waals surface area contributed by atoms with Crippen molar-refractivity contribution >= 4 is 17.3 Å². The van der Waals surface area contributed by atoms with Crippen LogP contribution in [0.25, 0.3) is 0 Å². The summed E-state index contributed by atoms with van der Waals surface area (Å²) in [5.41, 5.74) is 0.421. The van der Waals surface area contributed by atoms with E-state index in [1.165, 1.54) is 41.8 Å². The molecule has 0 radical (unpaired) electrons. The van der Waals surface area contributed by atoms with Crippen LogP contribution in [-0.4, -0.2) is 30.4 Å². The van der Waals surface area contributed by atoms with E-state index in [1.54, 1.807) is 18.2 Å². The molecule has 0 aliphatic carbocycles. The van der Waals surface area contributed by atoms with Gasteiger partial charge in [0.1, 0.15) is 11.5 Å². The van der Waals surface area contributed by atoms with Gasteiger partial charge in [-0.25, -0.2) is 4.39 Å². The minimum absolute atomic E-state index is 0.186. The Morgan fingerprint density at radius 2 is 2.12 bits per heavy atom. The fraction of sp³-hybridized carbons (Fsp3) is 0.188. The van der Waals surface area contributed by atoms with E-state index in [4.69, 9.17) is 0 Å². The molecular weight excluding hydrogens is 343 g/mol. The minimum Gasteiger partial charge on any atom is -0.318 e. The van der Waals surface area contributed by atoms with Gasteiger partial charge in [-0.1, -0.05) is 18.2 Å². The molecule has 1 amide bonds. The largest absolute Gasteiger partial charge is 0.322 e. The van der Waals surface area contributed by atoms with Crippen LogP contribution in [0.5, 0.6) is 0 Å². The van der Waals surface area contributed by atoms with Crippen LogP contribution >= 0.6 is 0 Å². The molecule has 3 aromatic rings. The monoisotopic (exact) mass is 358 g/mol. The first-order valence-electron chi connectivity index (χ1n) is 7.62. The number of nitrogens with zero attached hydrogens (tertiary/aromatic N) is 5. The molecule has 1 N–H and O–H groups in total. The summed E-state index contributed by atoms with van der Waals surface area (Å²) in [7, 11) is 1.52. The van der Waals surface area contributed by atoms with Gasteiger partial charge in [0.05, 0.1) is 23.4 Å². The van der Waals surface area contributed by atoms with Crippen molar-refractivity contribution in [2.24, 2.45) is 7.05 Å². The van der Waals surface area contributed by atoms with E-state index in [0.29, 0.717) is 11.3 Å². The number of carbonyl (C=O) groups is 1. The molecule has 0 saturated heterocycles. The molecule has 0 bridgehead atoms. The summed E-state index contributed by atoms with van der Waals surface area (Å²) in [5, 5.41) is 21.6. The number of anilines is 1. The van der Waals surface area contributed by atoms with Crippen LogP contribution < -0.4 is 5.32 Å². The van der Waals surface area contributed by atoms with Crippen LogP contribution in [0.15, 0.2) is 36.7 Å². The van der Waals surface area contributed by atoms with Gasteiger partial charge in [0.2, 0.25) is 5.69 Å². The van der Waals surface area contributed by atoms with Crippen LogP contribution in [0.1, 0.15) is 21.7 Å². The van der Waals surface area contributed by atoms with E-state index in [2.05, 4.69) is 15.5 Å². The van der Waals surface area contributed by atoms with Crippen molar-refractivity contribution in [2.75, 3.05) is 5.32 Å². The SMILES string of the molecule is Cc1c([N+](=O)[O-])c(C(=O)Nc2cnn(Cc3ccccc3F)c2)nn1C. The number of rotatable bonds is 5. The van der Waals surface area contributed by atoms with Crippen LogP contribution in [0.3, 0.4) is 0 Å². The standard InChI is InChI=1S/C16H15FN6O3/c1-10-15(23(25)26)14(20-21(10)2)16(24)19-12-7-18-22(9-12)8-11-5-3-4-6-13(11)17/h3-7,9H,8H2,1-2H3,(H,19,24). The quantitative estimate of drug-likeness (QED) is 0.556. The highest BCUT2D eigenvalue weighted by Gasteiger charge is 2.29. The van der Waals surface area contributed by atoms with Gasteiger partial charge in [-0.2, -0.15) is 10.2 Å². The zero-order chi connectivity index (χ0) is 18.8. The lowest BCUT2D eigenvalue weighted by atomic mass is 10.2. The summed E-state index contributed by atoms with van der Waals surface area (Å²) in [6, 6.07) is 6.29. The Morgan fingerprint density at radius 3 is 2.81 bits per heavy atom. The average Bonchev–Trinajstić information content (AvgIpc) is 3.14. The summed E-state index contributed by atoms with van der Waals surface area (Å²) in [5.74, 6) is -1.07. The molecule has 26 heavy (non-hydrogen) atoms. The lowest BCUT2D eigenvalue weighted by Crippen LogP contribution is -2.14. The summed E-state index contributed by atoms with van der Waals surface area (Å²) in [6.07, 6.45) is 2.88. The third-order valence-electron chi connectivity index (χ3n) is 3.88. The second kappa shape index (κ2) is 6.75. The molecule has 0 fully saturated rings. The molecule has 0 spiro atoms. The Balaban J connectivity index is 1.78. The van der Waals surface area contributed by atoms with Gasteiger partial charge < -0.3 is 5.32 Å². The van der Waals surface area contributed by atoms with Gasteiger partial charge in [-0.05, 0) is 13.0 Å². The number of hydrogen-bond donors (Lipinski definition) is 1. The zero-order valence-electron chi connectivity index (χ0n) is 14.0. The number of nitrogens with one attached hydrogen (secondary N) is 1. The molecule has 9 nitrogen and oxygen atoms in total. The van der Waals surface area contributed by atoms with Gasteiger partial charge in [-0.15, -0.1) is 0 Å². The van der Waals surface area contributed by atoms with Crippen molar-refractivity contribution in [3.63, 3.8) is 0 Å². The number of benzene rings is 1. The highest BCUT2D eigenvalue weighted by atomic mass is 19.1. The van der Waals surface area contributed by atoms with Gasteiger partial charge in [0.15, 0.2) is 0 Å². The molecule has 2 aromatic heterocycles. The number of carbonyl (C=O) groups excluding carboxylic acids is 1. The molecule has 2 heterocycles. The number of hydrogen-bond acceptors (Lipinski definition) is 5. The van der Waals surface area contributed by atoms with Crippen LogP contribution in [0, 0.1) is 22.9 Å². The van der Waals surface area contributed by atoms with Gasteiger partial charge in [0.25, 0.3) is 5.91 Å². The average molecular weight is 358 g/mol. The molecule has 0 unspecified atom stereocenters. The molecule has 3 rings (SSSR count). The maximum atomic E-state index is 13.7. The second-order valence-electron chi connectivity index (χ2n) is 5.64. The highest BCUT2D eigenvalue weighted by molar-refractivity contribution is 6.05. The van der Waals surface area contributed by atoms with E-state index >= 15 is 0 Å². The van der Waals surface area contributed by atoms with E-state index in [-0.39, 0.29) is 29.4 Å². The van der Waals surface area contributed by atoms with E-state index < -0.39 is 10.8 Å². The predicted octanol–water partition coefficient (Wildman–Crippen LogP) is 2.27. The molecule has 1 aromatic carbocycles. The number of amides is 1. The summed E-state index contributed by atoms with van der Waals surface area (Å²) in [4.78, 5) is 22.9. The molecule has 0 atom stereocenters. The number of aryl methyl sites for hydroxylation is 1. The van der Waals surface area contributed by atoms with E-state index in [1.807, 2.05) is 0 Å². The minimum atomic E-state index is -0.717. The Kier molecular flexibility index (Phi) is 4.48. The lowest BCUT2D eigenvalue weighted by molar-refractivity contribution is -0.385. The summed E-state index contributed by atoms with van der Waals surface area (Å²) >= 11 is 0. The molecule has 0 aliphatic rings. The summed E-state index contributed by atoms with van der Waals surface area (Å²) < 4.78 is 16.4. The Morgan fingerprint density at radius 1 is 1.38 bits per heavy atom. The first kappa shape index (κ1) is 17.3. The van der Waals surface area contributed by atoms with Crippen molar-refractivity contribution in [1.29, 1.82) is 0 Å². The van der Waals surface area contributed by atoms with Gasteiger partial charge >= 0.3 is 5.69 Å². The molecular formula is C16H15FN6O3. The second-order valence-corrected chi connectivity index (χ2v) is 5.64. The maximum Gasteiger partial charge on any atom is 0.322 e. The van der Waals surface area contributed by atoms with Crippen molar-refractivity contribution in [3.8, 4) is 0 Å². The van der Waals surface area contributed by atoms with Gasteiger partial charge in [-0.3, -0.25) is 24.3 Å². The van der Waals surface area contributed by atoms with Crippen molar-refractivity contribution < 1.29 is 14.1 Å². The third-order valence-corrected chi connectivity index (χ3v) is 3.88. The summed E-state index contributed by atoms with van der Waals surface area (Å²) in [6.45, 7) is 1.69. The van der Waals surface area contributed by atoms with Crippen molar-refractivity contribution in [1.82, 2.24) is 19.6 Å². The predicted molar refractivity (Wildman–Crippen MR) is 90.3 cm³/mol. The van der Waals surface area contributed by atoms with Crippen LogP contribution in [0.4, 0.5) is 15.8 Å². The fourth-order valence-corrected chi connectivity index (χ4v) is 2.47. The number of halogens is 1. The first-order chi connectivity index (χ1) is 12.4. The molecule has 0 aliphatic heterocycles. The smallest absolute Gasteiger partial charge is 0.318 e. The van der Waals surface area contributed by atoms with E-state index in [9.17, 15) is 19.3 Å². The third kappa shape index (κ3) is 3.29. The molecule has 134 valence electrons. The number of nitro groups is 1. The van der Waals surface area contributed by atoms with Crippen molar-refractivity contribution in [2.45, 2.75) is 13.5 Å². The maximum absolute atomic E-state index is 13.7. The number of aromatic nitrogens is 4. The Bertz CT molecular complexity index is 994. The van der Waals surface area contributed by atoms with Gasteiger partial charge in [0, 0.05) is 18.8 Å². The van der Waals surface area contributed by atoms with Crippen LogP contribution in [-0.2, 0) is 13.6 Å². The normalized spacial score (nSPS) is 10.7. The Labute approximate surface area is 147 Å². The van der Waals surface area contributed by atoms with E-state index in [0.717, 1.165) is 0 Å². The lowest BCUT2D eigenvalue weighted by Gasteiger charge is -2.03. The first-order valence-corrected chi connectivity index (χ1v) is 7.62. The molecule has 0 saturated carbocycles. The van der Waals surface area contributed by atoms with Crippen molar-refractivity contribution in [3.05, 3.63) is 69.5 Å². The fourth-order valence-electron chi connectivity index (χ4n) is 2.47. The zero-order valence-corrected chi connectivity index (χ0v) is 14.0.